The van der Waals surface area contributed by atoms with Gasteiger partial charge in [0.25, 0.3) is 0 Å². The molecule has 2 saturated heterocycles. The first kappa shape index (κ1) is 14.9. The summed E-state index contributed by atoms with van der Waals surface area (Å²) in [6.45, 7) is 4.15. The first-order valence-corrected chi connectivity index (χ1v) is 8.59. The maximum absolute atomic E-state index is 12.9. The fraction of sp³-hybridized carbons (Fsp3) is 0.571. The first-order chi connectivity index (χ1) is 10.1. The average molecular weight is 314 g/mol. The van der Waals surface area contributed by atoms with Gasteiger partial charge in [-0.25, -0.2) is 12.8 Å². The minimum Gasteiger partial charge on any atom is -0.379 e. The van der Waals surface area contributed by atoms with Crippen molar-refractivity contribution in [2.75, 3.05) is 39.4 Å². The molecule has 0 radical (unpaired) electrons. The summed E-state index contributed by atoms with van der Waals surface area (Å²) >= 11 is 0. The number of ether oxygens (including phenoxy) is 1. The average Bonchev–Trinajstić information content (AvgIpc) is 2.99. The number of benzene rings is 1. The number of nitrogens with zero attached hydrogens (tertiary/aromatic N) is 2. The Morgan fingerprint density at radius 3 is 2.43 bits per heavy atom. The molecule has 1 aromatic rings. The van der Waals surface area contributed by atoms with Gasteiger partial charge in [0.05, 0.1) is 18.1 Å². The van der Waals surface area contributed by atoms with Crippen molar-refractivity contribution in [1.82, 2.24) is 9.21 Å². The summed E-state index contributed by atoms with van der Waals surface area (Å²) in [6, 6.07) is 5.27. The third-order valence-electron chi connectivity index (χ3n) is 4.14. The summed E-state index contributed by atoms with van der Waals surface area (Å²) in [7, 11) is -3.52. The zero-order valence-corrected chi connectivity index (χ0v) is 12.6. The predicted molar refractivity (Wildman–Crippen MR) is 76.0 cm³/mol. The van der Waals surface area contributed by atoms with Gasteiger partial charge >= 0.3 is 0 Å². The van der Waals surface area contributed by atoms with Gasteiger partial charge in [0.15, 0.2) is 0 Å². The number of rotatable bonds is 3. The maximum Gasteiger partial charge on any atom is 0.243 e. The minimum atomic E-state index is -3.52. The van der Waals surface area contributed by atoms with Crippen molar-refractivity contribution in [2.45, 2.75) is 17.4 Å². The van der Waals surface area contributed by atoms with E-state index in [0.29, 0.717) is 26.3 Å². The van der Waals surface area contributed by atoms with E-state index in [4.69, 9.17) is 4.74 Å². The van der Waals surface area contributed by atoms with E-state index in [-0.39, 0.29) is 10.9 Å². The van der Waals surface area contributed by atoms with E-state index >= 15 is 0 Å². The lowest BCUT2D eigenvalue weighted by molar-refractivity contribution is 0.0197. The third kappa shape index (κ3) is 3.11. The lowest BCUT2D eigenvalue weighted by atomic mass is 10.2. The standard InChI is InChI=1S/C14H19FN2O3S/c15-12-1-3-14(4-2-12)21(18,19)17-6-5-13(11-17)16-7-9-20-10-8-16/h1-4,13H,5-11H2. The monoisotopic (exact) mass is 314 g/mol. The molecule has 0 N–H and O–H groups in total. The summed E-state index contributed by atoms with van der Waals surface area (Å²) < 4.78 is 44.8. The van der Waals surface area contributed by atoms with Crippen molar-refractivity contribution >= 4 is 10.0 Å². The van der Waals surface area contributed by atoms with Gasteiger partial charge in [0.2, 0.25) is 10.0 Å². The molecule has 0 spiro atoms. The van der Waals surface area contributed by atoms with Gasteiger partial charge in [0.1, 0.15) is 5.82 Å². The first-order valence-electron chi connectivity index (χ1n) is 7.15. The fourth-order valence-corrected chi connectivity index (χ4v) is 4.42. The number of morpholine rings is 1. The van der Waals surface area contributed by atoms with Gasteiger partial charge in [-0.15, -0.1) is 0 Å². The Hall–Kier alpha value is -1.02. The van der Waals surface area contributed by atoms with E-state index in [0.717, 1.165) is 19.5 Å². The SMILES string of the molecule is O=S(=O)(c1ccc(F)cc1)N1CCC(N2CCOCC2)C1. The molecular weight excluding hydrogens is 295 g/mol. The van der Waals surface area contributed by atoms with Crippen LogP contribution in [0.5, 0.6) is 0 Å². The van der Waals surface area contributed by atoms with E-state index in [2.05, 4.69) is 4.90 Å². The molecule has 116 valence electrons. The van der Waals surface area contributed by atoms with Crippen LogP contribution in [-0.4, -0.2) is 63.1 Å². The Labute approximate surface area is 124 Å². The normalized spacial score (nSPS) is 25.3. The Morgan fingerprint density at radius 1 is 1.10 bits per heavy atom. The Kier molecular flexibility index (Phi) is 4.26. The van der Waals surface area contributed by atoms with Crippen molar-refractivity contribution < 1.29 is 17.5 Å². The molecule has 0 aliphatic carbocycles. The van der Waals surface area contributed by atoms with Gasteiger partial charge in [-0.05, 0) is 30.7 Å². The Bertz CT molecular complexity index is 585. The van der Waals surface area contributed by atoms with Crippen LogP contribution in [0.3, 0.4) is 0 Å². The molecule has 0 amide bonds. The topological polar surface area (TPSA) is 49.9 Å². The molecule has 0 saturated carbocycles. The molecule has 2 heterocycles. The van der Waals surface area contributed by atoms with Gasteiger partial charge in [-0.1, -0.05) is 0 Å². The zero-order chi connectivity index (χ0) is 14.9. The molecule has 21 heavy (non-hydrogen) atoms. The molecule has 1 unspecified atom stereocenters. The Morgan fingerprint density at radius 2 is 1.76 bits per heavy atom. The van der Waals surface area contributed by atoms with Gasteiger partial charge < -0.3 is 4.74 Å². The van der Waals surface area contributed by atoms with E-state index in [1.807, 2.05) is 0 Å². The highest BCUT2D eigenvalue weighted by atomic mass is 32.2. The van der Waals surface area contributed by atoms with Crippen LogP contribution in [0.4, 0.5) is 4.39 Å². The molecular formula is C14H19FN2O3S. The van der Waals surface area contributed by atoms with Gasteiger partial charge in [-0.2, -0.15) is 4.31 Å². The molecule has 0 aromatic heterocycles. The highest BCUT2D eigenvalue weighted by Gasteiger charge is 2.35. The van der Waals surface area contributed by atoms with Crippen molar-refractivity contribution in [3.05, 3.63) is 30.1 Å². The van der Waals surface area contributed by atoms with Crippen LogP contribution in [-0.2, 0) is 14.8 Å². The zero-order valence-electron chi connectivity index (χ0n) is 11.7. The third-order valence-corrected chi connectivity index (χ3v) is 6.02. The van der Waals surface area contributed by atoms with Crippen LogP contribution in [0.1, 0.15) is 6.42 Å². The summed E-state index contributed by atoms with van der Waals surface area (Å²) in [5, 5.41) is 0. The largest absolute Gasteiger partial charge is 0.379 e. The molecule has 2 aliphatic rings. The summed E-state index contributed by atoms with van der Waals surface area (Å²) in [6.07, 6.45) is 0.834. The molecule has 7 heteroatoms. The highest BCUT2D eigenvalue weighted by molar-refractivity contribution is 7.89. The smallest absolute Gasteiger partial charge is 0.243 e. The lowest BCUT2D eigenvalue weighted by Gasteiger charge is -2.32. The molecule has 5 nitrogen and oxygen atoms in total. The fourth-order valence-electron chi connectivity index (χ4n) is 2.93. The molecule has 2 fully saturated rings. The molecule has 3 rings (SSSR count). The second-order valence-electron chi connectivity index (χ2n) is 5.41. The second-order valence-corrected chi connectivity index (χ2v) is 7.35. The van der Waals surface area contributed by atoms with Crippen molar-refractivity contribution in [3.8, 4) is 0 Å². The van der Waals surface area contributed by atoms with Crippen LogP contribution in [0, 0.1) is 5.82 Å². The number of sulfonamides is 1. The van der Waals surface area contributed by atoms with Crippen molar-refractivity contribution in [1.29, 1.82) is 0 Å². The number of halogens is 1. The van der Waals surface area contributed by atoms with Crippen molar-refractivity contribution in [2.24, 2.45) is 0 Å². The van der Waals surface area contributed by atoms with E-state index in [9.17, 15) is 12.8 Å². The van der Waals surface area contributed by atoms with Crippen LogP contribution < -0.4 is 0 Å². The molecule has 0 bridgehead atoms. The summed E-state index contributed by atoms with van der Waals surface area (Å²) in [5.74, 6) is -0.429. The maximum atomic E-state index is 12.9. The second kappa shape index (κ2) is 6.00. The lowest BCUT2D eigenvalue weighted by Crippen LogP contribution is -2.45. The summed E-state index contributed by atoms with van der Waals surface area (Å²) in [5.41, 5.74) is 0. The summed E-state index contributed by atoms with van der Waals surface area (Å²) in [4.78, 5) is 2.45. The Balaban J connectivity index is 1.71. The highest BCUT2D eigenvalue weighted by Crippen LogP contribution is 2.24. The van der Waals surface area contributed by atoms with Gasteiger partial charge in [-0.3, -0.25) is 4.90 Å². The number of hydrogen-bond donors (Lipinski definition) is 0. The van der Waals surface area contributed by atoms with Crippen LogP contribution in [0.15, 0.2) is 29.2 Å². The van der Waals surface area contributed by atoms with Crippen LogP contribution >= 0.6 is 0 Å². The predicted octanol–water partition coefficient (Wildman–Crippen LogP) is 0.921. The van der Waals surface area contributed by atoms with Crippen LogP contribution in [0.25, 0.3) is 0 Å². The molecule has 1 aromatic carbocycles. The molecule has 2 aliphatic heterocycles. The quantitative estimate of drug-likeness (QED) is 0.832. The minimum absolute atomic E-state index is 0.159. The molecule has 1 atom stereocenters. The van der Waals surface area contributed by atoms with Crippen molar-refractivity contribution in [3.63, 3.8) is 0 Å². The van der Waals surface area contributed by atoms with E-state index < -0.39 is 15.8 Å². The van der Waals surface area contributed by atoms with Gasteiger partial charge in [0, 0.05) is 32.2 Å². The number of hydrogen-bond acceptors (Lipinski definition) is 4. The van der Waals surface area contributed by atoms with E-state index in [1.54, 1.807) is 0 Å². The van der Waals surface area contributed by atoms with E-state index in [1.165, 1.54) is 28.6 Å². The van der Waals surface area contributed by atoms with Crippen LogP contribution in [0.2, 0.25) is 0 Å².